The van der Waals surface area contributed by atoms with Crippen LogP contribution >= 0.6 is 11.6 Å². The first kappa shape index (κ1) is 14.0. The predicted molar refractivity (Wildman–Crippen MR) is 83.8 cm³/mol. The van der Waals surface area contributed by atoms with Crippen molar-refractivity contribution in [3.8, 4) is 0 Å². The molecule has 1 atom stereocenters. The van der Waals surface area contributed by atoms with Crippen molar-refractivity contribution in [1.29, 1.82) is 0 Å². The van der Waals surface area contributed by atoms with E-state index in [2.05, 4.69) is 5.32 Å². The number of hydrogen-bond acceptors (Lipinski definition) is 2. The number of hydrogen-bond donors (Lipinski definition) is 2. The fourth-order valence-corrected chi connectivity index (χ4v) is 3.21. The van der Waals surface area contributed by atoms with Gasteiger partial charge in [0.1, 0.15) is 0 Å². The molecule has 0 saturated heterocycles. The molecule has 3 nitrogen and oxygen atoms in total. The zero-order valence-electron chi connectivity index (χ0n) is 11.5. The third-order valence-electron chi connectivity index (χ3n) is 4.06. The highest BCUT2D eigenvalue weighted by atomic mass is 35.5. The molecular formula is C17H16ClNO2. The van der Waals surface area contributed by atoms with E-state index in [1.54, 1.807) is 6.07 Å². The molecule has 0 bridgehead atoms. The first-order chi connectivity index (χ1) is 10.1. The summed E-state index contributed by atoms with van der Waals surface area (Å²) in [6.07, 6.45) is 2.29. The Morgan fingerprint density at radius 3 is 2.62 bits per heavy atom. The van der Waals surface area contributed by atoms with Crippen LogP contribution in [0.1, 0.15) is 24.0 Å². The van der Waals surface area contributed by atoms with Gasteiger partial charge in [0, 0.05) is 0 Å². The number of anilines is 1. The molecule has 0 heterocycles. The number of carbonyl (C=O) groups is 1. The molecular weight excluding hydrogens is 286 g/mol. The molecule has 0 radical (unpaired) electrons. The van der Waals surface area contributed by atoms with Crippen molar-refractivity contribution in [3.63, 3.8) is 0 Å². The summed E-state index contributed by atoms with van der Waals surface area (Å²) in [5.41, 5.74) is 1.47. The number of aryl methyl sites for hydroxylation is 1. The summed E-state index contributed by atoms with van der Waals surface area (Å²) in [5.74, 6) is -0.866. The van der Waals surface area contributed by atoms with Crippen molar-refractivity contribution in [2.45, 2.75) is 24.8 Å². The van der Waals surface area contributed by atoms with Gasteiger partial charge in [0.15, 0.2) is 5.54 Å². The fourth-order valence-electron chi connectivity index (χ4n) is 3.03. The van der Waals surface area contributed by atoms with Gasteiger partial charge < -0.3 is 10.4 Å². The van der Waals surface area contributed by atoms with Gasteiger partial charge in [0.2, 0.25) is 0 Å². The van der Waals surface area contributed by atoms with E-state index in [4.69, 9.17) is 11.6 Å². The molecule has 0 saturated carbocycles. The fraction of sp³-hybridized carbons (Fsp3) is 0.235. The summed E-state index contributed by atoms with van der Waals surface area (Å²) in [7, 11) is 0. The largest absolute Gasteiger partial charge is 0.479 e. The Bertz CT molecular complexity index is 686. The molecule has 4 heteroatoms. The molecule has 0 aliphatic heterocycles. The summed E-state index contributed by atoms with van der Waals surface area (Å²) in [6.45, 7) is 0. The van der Waals surface area contributed by atoms with Gasteiger partial charge in [-0.2, -0.15) is 0 Å². The lowest BCUT2D eigenvalue weighted by molar-refractivity contribution is -0.143. The van der Waals surface area contributed by atoms with Gasteiger partial charge in [-0.1, -0.05) is 48.0 Å². The lowest BCUT2D eigenvalue weighted by Gasteiger charge is -2.37. The Labute approximate surface area is 128 Å². The molecule has 3 rings (SSSR count). The van der Waals surface area contributed by atoms with Crippen LogP contribution in [0.15, 0.2) is 48.5 Å². The van der Waals surface area contributed by atoms with E-state index in [1.165, 1.54) is 0 Å². The number of rotatable bonds is 3. The van der Waals surface area contributed by atoms with Crippen molar-refractivity contribution < 1.29 is 9.90 Å². The van der Waals surface area contributed by atoms with Gasteiger partial charge in [-0.05, 0) is 42.5 Å². The molecule has 0 amide bonds. The van der Waals surface area contributed by atoms with Gasteiger partial charge in [0.25, 0.3) is 0 Å². The molecule has 2 aromatic rings. The molecule has 2 N–H and O–H groups in total. The number of aliphatic carboxylic acids is 1. The Kier molecular flexibility index (Phi) is 3.60. The highest BCUT2D eigenvalue weighted by Gasteiger charge is 2.43. The van der Waals surface area contributed by atoms with E-state index in [-0.39, 0.29) is 0 Å². The number of nitrogens with one attached hydrogen (secondary N) is 1. The molecule has 1 aliphatic rings. The van der Waals surface area contributed by atoms with E-state index < -0.39 is 11.5 Å². The summed E-state index contributed by atoms with van der Waals surface area (Å²) >= 11 is 6.18. The van der Waals surface area contributed by atoms with Crippen molar-refractivity contribution >= 4 is 23.3 Å². The first-order valence-electron chi connectivity index (χ1n) is 6.98. The number of benzene rings is 2. The van der Waals surface area contributed by atoms with Crippen molar-refractivity contribution in [2.24, 2.45) is 0 Å². The van der Waals surface area contributed by atoms with E-state index in [1.807, 2.05) is 42.5 Å². The van der Waals surface area contributed by atoms with Crippen molar-refractivity contribution in [2.75, 3.05) is 5.32 Å². The number of para-hydroxylation sites is 1. The SMILES string of the molecule is O=C(O)C1(Nc2ccccc2Cl)CCCc2ccccc21. The molecule has 21 heavy (non-hydrogen) atoms. The van der Waals surface area contributed by atoms with Gasteiger partial charge in [-0.3, -0.25) is 0 Å². The Hall–Kier alpha value is -2.00. The monoisotopic (exact) mass is 301 g/mol. The molecule has 2 aromatic carbocycles. The summed E-state index contributed by atoms with van der Waals surface area (Å²) in [4.78, 5) is 12.0. The zero-order chi connectivity index (χ0) is 14.9. The second-order valence-corrected chi connectivity index (χ2v) is 5.73. The quantitative estimate of drug-likeness (QED) is 0.898. The van der Waals surface area contributed by atoms with E-state index in [0.717, 1.165) is 24.0 Å². The third kappa shape index (κ3) is 2.38. The van der Waals surface area contributed by atoms with Crippen LogP contribution < -0.4 is 5.32 Å². The maximum absolute atomic E-state index is 12.0. The Morgan fingerprint density at radius 1 is 1.14 bits per heavy atom. The molecule has 0 spiro atoms. The lowest BCUT2D eigenvalue weighted by atomic mass is 9.76. The Morgan fingerprint density at radius 2 is 1.86 bits per heavy atom. The van der Waals surface area contributed by atoms with Crippen molar-refractivity contribution in [1.82, 2.24) is 0 Å². The minimum atomic E-state index is -1.11. The number of fused-ring (bicyclic) bond motifs is 1. The highest BCUT2D eigenvalue weighted by molar-refractivity contribution is 6.33. The molecule has 1 aliphatic carbocycles. The van der Waals surface area contributed by atoms with Gasteiger partial charge in [0.05, 0.1) is 10.7 Å². The number of halogens is 1. The lowest BCUT2D eigenvalue weighted by Crippen LogP contribution is -2.46. The van der Waals surface area contributed by atoms with Gasteiger partial charge in [-0.15, -0.1) is 0 Å². The average molecular weight is 302 g/mol. The average Bonchev–Trinajstić information content (AvgIpc) is 2.49. The maximum atomic E-state index is 12.0. The van der Waals surface area contributed by atoms with Gasteiger partial charge in [-0.25, -0.2) is 4.79 Å². The first-order valence-corrected chi connectivity index (χ1v) is 7.36. The molecule has 0 fully saturated rings. The van der Waals surface area contributed by atoms with E-state index in [9.17, 15) is 9.90 Å². The maximum Gasteiger partial charge on any atom is 0.334 e. The number of carboxylic acid groups (broad SMARTS) is 1. The Balaban J connectivity index is 2.11. The van der Waals surface area contributed by atoms with Crippen LogP contribution in [0.2, 0.25) is 5.02 Å². The van der Waals surface area contributed by atoms with Crippen LogP contribution in [0.3, 0.4) is 0 Å². The summed E-state index contributed by atoms with van der Waals surface area (Å²) in [6, 6.07) is 15.0. The minimum Gasteiger partial charge on any atom is -0.479 e. The van der Waals surface area contributed by atoms with Crippen LogP contribution in [0.4, 0.5) is 5.69 Å². The van der Waals surface area contributed by atoms with Crippen molar-refractivity contribution in [3.05, 3.63) is 64.7 Å². The standard InChI is InChI=1S/C17H16ClNO2/c18-14-9-3-4-10-15(14)19-17(16(20)21)11-5-7-12-6-1-2-8-13(12)17/h1-4,6,8-10,19H,5,7,11H2,(H,20,21). The topological polar surface area (TPSA) is 49.3 Å². The molecule has 0 aromatic heterocycles. The zero-order valence-corrected chi connectivity index (χ0v) is 12.2. The normalized spacial score (nSPS) is 20.6. The molecule has 108 valence electrons. The van der Waals surface area contributed by atoms with E-state index in [0.29, 0.717) is 17.1 Å². The second kappa shape index (κ2) is 5.41. The predicted octanol–water partition coefficient (Wildman–Crippen LogP) is 4.07. The molecule has 1 unspecified atom stereocenters. The van der Waals surface area contributed by atoms with Crippen LogP contribution in [-0.2, 0) is 16.8 Å². The second-order valence-electron chi connectivity index (χ2n) is 5.33. The number of carboxylic acids is 1. The minimum absolute atomic E-state index is 0.529. The highest BCUT2D eigenvalue weighted by Crippen LogP contribution is 2.39. The van der Waals surface area contributed by atoms with Crippen LogP contribution in [0.25, 0.3) is 0 Å². The van der Waals surface area contributed by atoms with Crippen LogP contribution in [0.5, 0.6) is 0 Å². The van der Waals surface area contributed by atoms with Crippen LogP contribution in [-0.4, -0.2) is 11.1 Å². The smallest absolute Gasteiger partial charge is 0.334 e. The summed E-state index contributed by atoms with van der Waals surface area (Å²) in [5, 5.41) is 13.6. The van der Waals surface area contributed by atoms with Crippen LogP contribution in [0, 0.1) is 0 Å². The third-order valence-corrected chi connectivity index (χ3v) is 4.39. The van der Waals surface area contributed by atoms with E-state index >= 15 is 0 Å². The summed E-state index contributed by atoms with van der Waals surface area (Å²) < 4.78 is 0. The van der Waals surface area contributed by atoms with Gasteiger partial charge >= 0.3 is 5.97 Å².